The van der Waals surface area contributed by atoms with Crippen molar-refractivity contribution in [3.63, 3.8) is 0 Å². The van der Waals surface area contributed by atoms with Crippen LogP contribution in [0.15, 0.2) is 46.9 Å². The Morgan fingerprint density at radius 1 is 1.05 bits per heavy atom. The van der Waals surface area contributed by atoms with Crippen LogP contribution in [0.5, 0.6) is 0 Å². The zero-order valence-electron chi connectivity index (χ0n) is 13.2. The normalized spacial score (nSPS) is 13.2. The maximum absolute atomic E-state index is 10.4. The van der Waals surface area contributed by atoms with E-state index >= 15 is 0 Å². The summed E-state index contributed by atoms with van der Waals surface area (Å²) in [5.41, 5.74) is 4.78. The summed E-state index contributed by atoms with van der Waals surface area (Å²) in [6.45, 7) is 8.67. The molecule has 0 amide bonds. The standard InChI is InChI=1S/C19H23BrO/c1-13-5-8-15(12-17(13)20)18(21)11-14-6-9-16(10-7-14)19(2,3)4/h5-10,12,18,21H,11H2,1-4H3. The second kappa shape index (κ2) is 6.33. The topological polar surface area (TPSA) is 20.2 Å². The van der Waals surface area contributed by atoms with Gasteiger partial charge in [0.05, 0.1) is 6.10 Å². The number of halogens is 1. The van der Waals surface area contributed by atoms with Gasteiger partial charge in [-0.15, -0.1) is 0 Å². The Balaban J connectivity index is 2.12. The number of aliphatic hydroxyl groups is 1. The number of benzene rings is 2. The number of aliphatic hydroxyl groups excluding tert-OH is 1. The monoisotopic (exact) mass is 346 g/mol. The molecule has 21 heavy (non-hydrogen) atoms. The summed E-state index contributed by atoms with van der Waals surface area (Å²) in [4.78, 5) is 0. The lowest BCUT2D eigenvalue weighted by molar-refractivity contribution is 0.178. The Kier molecular flexibility index (Phi) is 4.90. The zero-order chi connectivity index (χ0) is 15.6. The number of hydrogen-bond donors (Lipinski definition) is 1. The number of hydrogen-bond acceptors (Lipinski definition) is 1. The lowest BCUT2D eigenvalue weighted by Crippen LogP contribution is -2.11. The van der Waals surface area contributed by atoms with Gasteiger partial charge in [-0.1, -0.05) is 73.1 Å². The van der Waals surface area contributed by atoms with Crippen molar-refractivity contribution in [1.82, 2.24) is 0 Å². The summed E-state index contributed by atoms with van der Waals surface area (Å²) >= 11 is 3.52. The lowest BCUT2D eigenvalue weighted by atomic mass is 9.86. The van der Waals surface area contributed by atoms with Gasteiger partial charge in [0.1, 0.15) is 0 Å². The van der Waals surface area contributed by atoms with E-state index in [0.717, 1.165) is 15.6 Å². The first-order chi connectivity index (χ1) is 9.77. The molecular weight excluding hydrogens is 324 g/mol. The van der Waals surface area contributed by atoms with Crippen molar-refractivity contribution in [1.29, 1.82) is 0 Å². The largest absolute Gasteiger partial charge is 0.388 e. The van der Waals surface area contributed by atoms with Crippen LogP contribution in [0.4, 0.5) is 0 Å². The molecule has 2 aromatic rings. The lowest BCUT2D eigenvalue weighted by Gasteiger charge is -2.19. The van der Waals surface area contributed by atoms with Crippen LogP contribution >= 0.6 is 15.9 Å². The van der Waals surface area contributed by atoms with Gasteiger partial charge in [-0.3, -0.25) is 0 Å². The van der Waals surface area contributed by atoms with Crippen molar-refractivity contribution in [2.45, 2.75) is 45.6 Å². The Bertz CT molecular complexity index is 608. The smallest absolute Gasteiger partial charge is 0.0830 e. The number of aryl methyl sites for hydroxylation is 1. The first-order valence-corrected chi connectivity index (χ1v) is 8.10. The van der Waals surface area contributed by atoms with Gasteiger partial charge >= 0.3 is 0 Å². The molecule has 1 atom stereocenters. The molecule has 0 aliphatic heterocycles. The van der Waals surface area contributed by atoms with Crippen LogP contribution < -0.4 is 0 Å². The summed E-state index contributed by atoms with van der Waals surface area (Å²) < 4.78 is 1.04. The van der Waals surface area contributed by atoms with Crippen LogP contribution in [0.25, 0.3) is 0 Å². The number of rotatable bonds is 3. The van der Waals surface area contributed by atoms with Gasteiger partial charge in [-0.2, -0.15) is 0 Å². The molecular formula is C19H23BrO. The van der Waals surface area contributed by atoms with Crippen LogP contribution in [0.2, 0.25) is 0 Å². The van der Waals surface area contributed by atoms with Crippen molar-refractivity contribution in [2.75, 3.05) is 0 Å². The maximum Gasteiger partial charge on any atom is 0.0830 e. The first-order valence-electron chi connectivity index (χ1n) is 7.31. The van der Waals surface area contributed by atoms with E-state index in [1.807, 2.05) is 25.1 Å². The summed E-state index contributed by atoms with van der Waals surface area (Å²) in [5.74, 6) is 0. The molecule has 1 nitrogen and oxygen atoms in total. The van der Waals surface area contributed by atoms with Gasteiger partial charge in [-0.25, -0.2) is 0 Å². The van der Waals surface area contributed by atoms with Crippen LogP contribution in [0.1, 0.15) is 49.1 Å². The van der Waals surface area contributed by atoms with Crippen molar-refractivity contribution in [3.05, 3.63) is 69.2 Å². The second-order valence-corrected chi connectivity index (χ2v) is 7.53. The molecule has 0 aliphatic rings. The highest BCUT2D eigenvalue weighted by molar-refractivity contribution is 9.10. The van der Waals surface area contributed by atoms with E-state index < -0.39 is 6.10 Å². The van der Waals surface area contributed by atoms with E-state index in [1.165, 1.54) is 11.1 Å². The minimum atomic E-state index is -0.470. The second-order valence-electron chi connectivity index (χ2n) is 6.68. The molecule has 2 aromatic carbocycles. The predicted octanol–water partition coefficient (Wildman–Crippen LogP) is 5.33. The maximum atomic E-state index is 10.4. The molecule has 112 valence electrons. The predicted molar refractivity (Wildman–Crippen MR) is 92.7 cm³/mol. The molecule has 0 radical (unpaired) electrons. The molecule has 0 bridgehead atoms. The highest BCUT2D eigenvalue weighted by Gasteiger charge is 2.14. The minimum absolute atomic E-state index is 0.166. The summed E-state index contributed by atoms with van der Waals surface area (Å²) in [6, 6.07) is 14.6. The van der Waals surface area contributed by atoms with E-state index in [1.54, 1.807) is 0 Å². The fraction of sp³-hybridized carbons (Fsp3) is 0.368. The van der Waals surface area contributed by atoms with Crippen molar-refractivity contribution in [3.8, 4) is 0 Å². The Morgan fingerprint density at radius 3 is 2.19 bits per heavy atom. The van der Waals surface area contributed by atoms with Crippen molar-refractivity contribution < 1.29 is 5.11 Å². The average molecular weight is 347 g/mol. The quantitative estimate of drug-likeness (QED) is 0.795. The molecule has 2 rings (SSSR count). The fourth-order valence-electron chi connectivity index (χ4n) is 2.30. The Labute approximate surface area is 136 Å². The van der Waals surface area contributed by atoms with E-state index in [9.17, 15) is 5.11 Å². The highest BCUT2D eigenvalue weighted by atomic mass is 79.9. The molecule has 1 N–H and O–H groups in total. The van der Waals surface area contributed by atoms with Crippen LogP contribution in [0.3, 0.4) is 0 Å². The van der Waals surface area contributed by atoms with Crippen LogP contribution in [-0.4, -0.2) is 5.11 Å². The first kappa shape index (κ1) is 16.3. The fourth-order valence-corrected chi connectivity index (χ4v) is 2.69. The van der Waals surface area contributed by atoms with Crippen LogP contribution in [0, 0.1) is 6.92 Å². The molecule has 0 saturated carbocycles. The Hall–Kier alpha value is -1.12. The summed E-state index contributed by atoms with van der Waals surface area (Å²) in [6.07, 6.45) is 0.169. The summed E-state index contributed by atoms with van der Waals surface area (Å²) in [5, 5.41) is 10.4. The third-order valence-electron chi connectivity index (χ3n) is 3.83. The van der Waals surface area contributed by atoms with Crippen LogP contribution in [-0.2, 0) is 11.8 Å². The molecule has 2 heteroatoms. The Morgan fingerprint density at radius 2 is 1.67 bits per heavy atom. The van der Waals surface area contributed by atoms with Crippen molar-refractivity contribution in [2.24, 2.45) is 0 Å². The molecule has 0 aromatic heterocycles. The third kappa shape index (κ3) is 4.18. The third-order valence-corrected chi connectivity index (χ3v) is 4.68. The minimum Gasteiger partial charge on any atom is -0.388 e. The molecule has 0 heterocycles. The molecule has 0 saturated heterocycles. The summed E-state index contributed by atoms with van der Waals surface area (Å²) in [7, 11) is 0. The zero-order valence-corrected chi connectivity index (χ0v) is 14.7. The molecule has 0 spiro atoms. The van der Waals surface area contributed by atoms with E-state index in [4.69, 9.17) is 0 Å². The van der Waals surface area contributed by atoms with E-state index in [-0.39, 0.29) is 5.41 Å². The van der Waals surface area contributed by atoms with Gasteiger partial charge in [0.2, 0.25) is 0 Å². The van der Waals surface area contributed by atoms with Gasteiger partial charge in [0.15, 0.2) is 0 Å². The average Bonchev–Trinajstić information content (AvgIpc) is 2.41. The SMILES string of the molecule is Cc1ccc(C(O)Cc2ccc(C(C)(C)C)cc2)cc1Br. The van der Waals surface area contributed by atoms with Gasteiger partial charge in [-0.05, 0) is 40.7 Å². The van der Waals surface area contributed by atoms with E-state index in [0.29, 0.717) is 6.42 Å². The molecule has 1 unspecified atom stereocenters. The van der Waals surface area contributed by atoms with Crippen molar-refractivity contribution >= 4 is 15.9 Å². The molecule has 0 aliphatic carbocycles. The van der Waals surface area contributed by atoms with Gasteiger partial charge in [0, 0.05) is 10.9 Å². The highest BCUT2D eigenvalue weighted by Crippen LogP contribution is 2.26. The van der Waals surface area contributed by atoms with E-state index in [2.05, 4.69) is 61.0 Å². The van der Waals surface area contributed by atoms with Gasteiger partial charge in [0.25, 0.3) is 0 Å². The van der Waals surface area contributed by atoms with Gasteiger partial charge < -0.3 is 5.11 Å². The molecule has 0 fully saturated rings.